The van der Waals surface area contributed by atoms with E-state index < -0.39 is 0 Å². The van der Waals surface area contributed by atoms with Crippen LogP contribution in [0.2, 0.25) is 0 Å². The van der Waals surface area contributed by atoms with Crippen LogP contribution >= 0.6 is 0 Å². The molecule has 0 fully saturated rings. The Morgan fingerprint density at radius 2 is 2.07 bits per heavy atom. The Hall–Kier alpha value is -1.77. The molecule has 1 atom stereocenters. The van der Waals surface area contributed by atoms with Crippen LogP contribution in [0.4, 0.5) is 4.79 Å². The highest BCUT2D eigenvalue weighted by molar-refractivity contribution is 5.74. The van der Waals surface area contributed by atoms with Crippen molar-refractivity contribution in [3.05, 3.63) is 48.2 Å². The van der Waals surface area contributed by atoms with Gasteiger partial charge in [0, 0.05) is 6.20 Å². The fraction of sp³-hybridized carbons (Fsp3) is 0.250. The van der Waals surface area contributed by atoms with Crippen molar-refractivity contribution in [2.45, 2.75) is 18.9 Å². The van der Waals surface area contributed by atoms with Gasteiger partial charge >= 0.3 is 6.03 Å². The second-order valence-electron chi connectivity index (χ2n) is 3.63. The van der Waals surface area contributed by atoms with Crippen LogP contribution in [-0.4, -0.2) is 10.9 Å². The molecule has 1 heterocycles. The summed E-state index contributed by atoms with van der Waals surface area (Å²) in [5.41, 5.74) is 6.47. The molecule has 0 aliphatic carbocycles. The molecule has 1 aromatic carbocycles. The molecule has 0 spiro atoms. The summed E-state index contributed by atoms with van der Waals surface area (Å²) in [6.45, 7) is 0. The Morgan fingerprint density at radius 1 is 1.33 bits per heavy atom. The fourth-order valence-electron chi connectivity index (χ4n) is 1.91. The van der Waals surface area contributed by atoms with E-state index in [0.717, 1.165) is 18.4 Å². The summed E-state index contributed by atoms with van der Waals surface area (Å²) in [7, 11) is 0. The minimum atomic E-state index is -0.389. The first-order valence-corrected chi connectivity index (χ1v) is 5.08. The van der Waals surface area contributed by atoms with E-state index in [4.69, 9.17) is 5.73 Å². The second-order valence-corrected chi connectivity index (χ2v) is 3.63. The van der Waals surface area contributed by atoms with Gasteiger partial charge in [0.2, 0.25) is 0 Å². The lowest BCUT2D eigenvalue weighted by Crippen LogP contribution is -2.36. The zero-order valence-corrected chi connectivity index (χ0v) is 8.47. The van der Waals surface area contributed by atoms with E-state index >= 15 is 0 Å². The van der Waals surface area contributed by atoms with Gasteiger partial charge in [-0.15, -0.1) is 0 Å². The summed E-state index contributed by atoms with van der Waals surface area (Å²) < 4.78 is 0. The predicted molar refractivity (Wildman–Crippen MR) is 59.0 cm³/mol. The van der Waals surface area contributed by atoms with E-state index in [1.54, 1.807) is 11.1 Å². The first-order valence-electron chi connectivity index (χ1n) is 5.08. The van der Waals surface area contributed by atoms with Crippen LogP contribution < -0.4 is 5.73 Å². The first kappa shape index (κ1) is 9.77. The molecule has 3 nitrogen and oxygen atoms in total. The van der Waals surface area contributed by atoms with Gasteiger partial charge in [0.15, 0.2) is 0 Å². The number of benzene rings is 1. The summed E-state index contributed by atoms with van der Waals surface area (Å²) in [5, 5.41) is 0. The van der Waals surface area contributed by atoms with Crippen LogP contribution in [0, 0.1) is 0 Å². The Kier molecular flexibility index (Phi) is 2.72. The van der Waals surface area contributed by atoms with Gasteiger partial charge < -0.3 is 5.73 Å². The molecule has 0 aromatic heterocycles. The summed E-state index contributed by atoms with van der Waals surface area (Å²) in [6.07, 6.45) is 5.68. The molecule has 1 aliphatic heterocycles. The van der Waals surface area contributed by atoms with E-state index in [0.29, 0.717) is 0 Å². The molecular formula is C12H14N2O. The van der Waals surface area contributed by atoms with Gasteiger partial charge in [-0.2, -0.15) is 0 Å². The van der Waals surface area contributed by atoms with E-state index in [1.165, 1.54) is 0 Å². The number of hydrogen-bond acceptors (Lipinski definition) is 1. The van der Waals surface area contributed by atoms with Crippen LogP contribution in [0.25, 0.3) is 0 Å². The number of rotatable bonds is 1. The molecule has 78 valence electrons. The van der Waals surface area contributed by atoms with Crippen LogP contribution in [0.15, 0.2) is 42.6 Å². The number of primary amides is 1. The van der Waals surface area contributed by atoms with Crippen molar-refractivity contribution in [1.29, 1.82) is 0 Å². The van der Waals surface area contributed by atoms with Crippen molar-refractivity contribution in [3.8, 4) is 0 Å². The van der Waals surface area contributed by atoms with Crippen molar-refractivity contribution in [3.63, 3.8) is 0 Å². The molecule has 2 N–H and O–H groups in total. The van der Waals surface area contributed by atoms with E-state index in [-0.39, 0.29) is 12.1 Å². The third-order valence-corrected chi connectivity index (χ3v) is 2.65. The molecule has 3 heteroatoms. The fourth-order valence-corrected chi connectivity index (χ4v) is 1.91. The summed E-state index contributed by atoms with van der Waals surface area (Å²) in [4.78, 5) is 12.8. The standard InChI is InChI=1S/C12H14N2O/c13-12(15)14-9-5-4-8-11(14)10-6-2-1-3-7-10/h1-3,5-7,9,11H,4,8H2,(H2,13,15). The van der Waals surface area contributed by atoms with Crippen molar-refractivity contribution in [1.82, 2.24) is 4.90 Å². The van der Waals surface area contributed by atoms with Crippen LogP contribution in [0.5, 0.6) is 0 Å². The predicted octanol–water partition coefficient (Wildman–Crippen LogP) is 2.42. The number of amides is 2. The Bertz CT molecular complexity index is 372. The molecule has 1 aliphatic rings. The molecular weight excluding hydrogens is 188 g/mol. The molecule has 2 amide bonds. The molecule has 0 saturated carbocycles. The summed E-state index contributed by atoms with van der Waals surface area (Å²) >= 11 is 0. The highest BCUT2D eigenvalue weighted by Gasteiger charge is 2.22. The lowest BCUT2D eigenvalue weighted by atomic mass is 9.98. The average molecular weight is 202 g/mol. The van der Waals surface area contributed by atoms with Crippen molar-refractivity contribution < 1.29 is 4.79 Å². The van der Waals surface area contributed by atoms with Gasteiger partial charge in [0.1, 0.15) is 0 Å². The number of urea groups is 1. The number of carbonyl (C=O) groups is 1. The monoisotopic (exact) mass is 202 g/mol. The maximum Gasteiger partial charge on any atom is 0.319 e. The Morgan fingerprint density at radius 3 is 2.73 bits per heavy atom. The van der Waals surface area contributed by atoms with Gasteiger partial charge in [-0.25, -0.2) is 4.79 Å². The number of carbonyl (C=O) groups excluding carboxylic acids is 1. The van der Waals surface area contributed by atoms with E-state index in [9.17, 15) is 4.79 Å². The van der Waals surface area contributed by atoms with Gasteiger partial charge in [0.05, 0.1) is 6.04 Å². The largest absolute Gasteiger partial charge is 0.351 e. The number of allylic oxidation sites excluding steroid dienone is 1. The molecule has 1 aromatic rings. The van der Waals surface area contributed by atoms with Gasteiger partial charge in [-0.05, 0) is 18.4 Å². The minimum Gasteiger partial charge on any atom is -0.351 e. The van der Waals surface area contributed by atoms with Crippen molar-refractivity contribution in [2.24, 2.45) is 5.73 Å². The van der Waals surface area contributed by atoms with Gasteiger partial charge in [-0.1, -0.05) is 36.4 Å². The lowest BCUT2D eigenvalue weighted by molar-refractivity contribution is 0.203. The highest BCUT2D eigenvalue weighted by atomic mass is 16.2. The number of hydrogen-bond donors (Lipinski definition) is 1. The van der Waals surface area contributed by atoms with Crippen LogP contribution in [0.1, 0.15) is 24.4 Å². The first-order chi connectivity index (χ1) is 7.29. The maximum absolute atomic E-state index is 11.2. The maximum atomic E-state index is 11.2. The second kappa shape index (κ2) is 4.17. The quantitative estimate of drug-likeness (QED) is 0.746. The molecule has 0 radical (unpaired) electrons. The van der Waals surface area contributed by atoms with Crippen LogP contribution in [-0.2, 0) is 0 Å². The number of nitrogens with zero attached hydrogens (tertiary/aromatic N) is 1. The number of nitrogens with two attached hydrogens (primary N) is 1. The lowest BCUT2D eigenvalue weighted by Gasteiger charge is -2.30. The average Bonchev–Trinajstić information content (AvgIpc) is 2.30. The molecule has 0 saturated heterocycles. The summed E-state index contributed by atoms with van der Waals surface area (Å²) in [5.74, 6) is 0. The van der Waals surface area contributed by atoms with E-state index in [2.05, 4.69) is 0 Å². The van der Waals surface area contributed by atoms with Gasteiger partial charge in [0.25, 0.3) is 0 Å². The summed E-state index contributed by atoms with van der Waals surface area (Å²) in [6, 6.07) is 9.68. The highest BCUT2D eigenvalue weighted by Crippen LogP contribution is 2.29. The van der Waals surface area contributed by atoms with Crippen molar-refractivity contribution in [2.75, 3.05) is 0 Å². The van der Waals surface area contributed by atoms with Crippen LogP contribution in [0.3, 0.4) is 0 Å². The third-order valence-electron chi connectivity index (χ3n) is 2.65. The molecule has 15 heavy (non-hydrogen) atoms. The Labute approximate surface area is 89.2 Å². The van der Waals surface area contributed by atoms with Gasteiger partial charge in [-0.3, -0.25) is 4.90 Å². The zero-order valence-electron chi connectivity index (χ0n) is 8.47. The smallest absolute Gasteiger partial charge is 0.319 e. The normalized spacial score (nSPS) is 20.3. The van der Waals surface area contributed by atoms with E-state index in [1.807, 2.05) is 36.4 Å². The molecule has 0 bridgehead atoms. The zero-order chi connectivity index (χ0) is 10.7. The molecule has 2 rings (SSSR count). The van der Waals surface area contributed by atoms with Crippen molar-refractivity contribution >= 4 is 6.03 Å². The molecule has 1 unspecified atom stereocenters. The Balaban J connectivity index is 2.28. The minimum absolute atomic E-state index is 0.0914. The third kappa shape index (κ3) is 2.01. The topological polar surface area (TPSA) is 46.3 Å². The SMILES string of the molecule is NC(=O)N1C=CCCC1c1ccccc1.